The van der Waals surface area contributed by atoms with Crippen molar-refractivity contribution in [2.45, 2.75) is 5.03 Å². The van der Waals surface area contributed by atoms with Gasteiger partial charge in [-0.15, -0.1) is 11.8 Å². The van der Waals surface area contributed by atoms with E-state index in [-0.39, 0.29) is 0 Å². The van der Waals surface area contributed by atoms with Crippen LogP contribution in [0.5, 0.6) is 5.75 Å². The molecule has 1 N–H and O–H groups in total. The molecule has 4 nitrogen and oxygen atoms in total. The molecule has 0 saturated heterocycles. The fourth-order valence-electron chi connectivity index (χ4n) is 1.75. The normalized spacial score (nSPS) is 11.4. The molecule has 0 aliphatic rings. The maximum Gasteiger partial charge on any atom is 0.131 e. The zero-order valence-corrected chi connectivity index (χ0v) is 12.6. The Morgan fingerprint density at radius 1 is 1.25 bits per heavy atom. The summed E-state index contributed by atoms with van der Waals surface area (Å²) >= 11 is 7.46. The molecule has 20 heavy (non-hydrogen) atoms. The summed E-state index contributed by atoms with van der Waals surface area (Å²) in [6, 6.07) is 10.7. The van der Waals surface area contributed by atoms with E-state index in [9.17, 15) is 5.21 Å². The lowest BCUT2D eigenvalue weighted by Crippen LogP contribution is -2.04. The molecule has 104 valence electrons. The molecule has 2 rings (SSSR count). The highest BCUT2D eigenvalue weighted by atomic mass is 35.5. The van der Waals surface area contributed by atoms with Crippen LogP contribution in [0.1, 0.15) is 11.1 Å². The Morgan fingerprint density at radius 3 is 2.50 bits per heavy atom. The smallest absolute Gasteiger partial charge is 0.131 e. The van der Waals surface area contributed by atoms with Gasteiger partial charge in [-0.25, -0.2) is 4.98 Å². The average Bonchev–Trinajstić information content (AvgIpc) is 2.48. The number of hydrogen-bond acceptors (Lipinski definition) is 5. The second-order valence-corrected chi connectivity index (χ2v) is 5.11. The third kappa shape index (κ3) is 3.23. The van der Waals surface area contributed by atoms with Crippen molar-refractivity contribution in [1.29, 1.82) is 0 Å². The summed E-state index contributed by atoms with van der Waals surface area (Å²) in [4.78, 5) is 4.16. The SMILES string of the molecule is COc1ccc(C(=NO)c2cc(Cl)nc(SC)c2)cc1. The second kappa shape index (κ2) is 6.63. The first kappa shape index (κ1) is 14.7. The lowest BCUT2D eigenvalue weighted by atomic mass is 10.0. The Balaban J connectivity index is 2.44. The molecular weight excluding hydrogens is 296 g/mol. The van der Waals surface area contributed by atoms with Crippen LogP contribution >= 0.6 is 23.4 Å². The van der Waals surface area contributed by atoms with E-state index in [1.54, 1.807) is 25.3 Å². The minimum Gasteiger partial charge on any atom is -0.497 e. The highest BCUT2D eigenvalue weighted by molar-refractivity contribution is 7.98. The molecule has 0 aliphatic heterocycles. The van der Waals surface area contributed by atoms with E-state index in [2.05, 4.69) is 10.1 Å². The number of methoxy groups -OCH3 is 1. The van der Waals surface area contributed by atoms with Crippen molar-refractivity contribution in [2.24, 2.45) is 5.16 Å². The first-order valence-electron chi connectivity index (χ1n) is 5.76. The van der Waals surface area contributed by atoms with Gasteiger partial charge in [0.2, 0.25) is 0 Å². The summed E-state index contributed by atoms with van der Waals surface area (Å²) in [5, 5.41) is 13.8. The third-order valence-electron chi connectivity index (χ3n) is 2.72. The van der Waals surface area contributed by atoms with Gasteiger partial charge in [-0.3, -0.25) is 0 Å². The Kier molecular flexibility index (Phi) is 4.87. The van der Waals surface area contributed by atoms with E-state index in [1.165, 1.54) is 11.8 Å². The van der Waals surface area contributed by atoms with E-state index in [1.807, 2.05) is 24.5 Å². The molecule has 0 saturated carbocycles. The van der Waals surface area contributed by atoms with Crippen LogP contribution in [0.25, 0.3) is 0 Å². The molecule has 6 heteroatoms. The Bertz CT molecular complexity index is 630. The number of nitrogens with zero attached hydrogens (tertiary/aromatic N) is 2. The van der Waals surface area contributed by atoms with Gasteiger partial charge in [-0.2, -0.15) is 0 Å². The molecular formula is C14H13ClN2O2S. The van der Waals surface area contributed by atoms with Crippen LogP contribution in [-0.4, -0.2) is 29.3 Å². The van der Waals surface area contributed by atoms with Crippen LogP contribution in [0.15, 0.2) is 46.6 Å². The fourth-order valence-corrected chi connectivity index (χ4v) is 2.44. The van der Waals surface area contributed by atoms with Gasteiger partial charge in [0.25, 0.3) is 0 Å². The first-order valence-corrected chi connectivity index (χ1v) is 7.36. The maximum atomic E-state index is 9.30. The molecule has 0 aliphatic carbocycles. The van der Waals surface area contributed by atoms with Gasteiger partial charge in [0.05, 0.1) is 12.1 Å². The molecule has 0 fully saturated rings. The predicted molar refractivity (Wildman–Crippen MR) is 81.4 cm³/mol. The summed E-state index contributed by atoms with van der Waals surface area (Å²) in [6.07, 6.45) is 1.91. The van der Waals surface area contributed by atoms with Crippen LogP contribution in [0.2, 0.25) is 5.15 Å². The standard InChI is InChI=1S/C14H13ClN2O2S/c1-19-11-5-3-9(4-6-11)14(17-18)10-7-12(15)16-13(8-10)20-2/h3-8,18H,1-2H3. The van der Waals surface area contributed by atoms with E-state index in [4.69, 9.17) is 16.3 Å². The number of oxime groups is 1. The van der Waals surface area contributed by atoms with Crippen LogP contribution in [0, 0.1) is 0 Å². The van der Waals surface area contributed by atoms with Crippen LogP contribution in [0.3, 0.4) is 0 Å². The molecule has 2 aromatic rings. The first-order chi connectivity index (χ1) is 9.67. The van der Waals surface area contributed by atoms with E-state index < -0.39 is 0 Å². The van der Waals surface area contributed by atoms with Gasteiger partial charge >= 0.3 is 0 Å². The largest absolute Gasteiger partial charge is 0.497 e. The van der Waals surface area contributed by atoms with Gasteiger partial charge in [-0.1, -0.05) is 16.8 Å². The third-order valence-corrected chi connectivity index (χ3v) is 3.54. The van der Waals surface area contributed by atoms with Crippen molar-refractivity contribution in [3.05, 3.63) is 52.7 Å². The molecule has 1 heterocycles. The maximum absolute atomic E-state index is 9.30. The molecule has 0 atom stereocenters. The van der Waals surface area contributed by atoms with Gasteiger partial charge in [0.1, 0.15) is 16.6 Å². The van der Waals surface area contributed by atoms with Crippen molar-refractivity contribution in [1.82, 2.24) is 4.98 Å². The monoisotopic (exact) mass is 308 g/mol. The number of rotatable bonds is 4. The van der Waals surface area contributed by atoms with Crippen molar-refractivity contribution >= 4 is 29.1 Å². The zero-order chi connectivity index (χ0) is 14.5. The van der Waals surface area contributed by atoms with Crippen molar-refractivity contribution < 1.29 is 9.94 Å². The summed E-state index contributed by atoms with van der Waals surface area (Å²) in [5.74, 6) is 0.739. The second-order valence-electron chi connectivity index (χ2n) is 3.90. The number of halogens is 1. The predicted octanol–water partition coefficient (Wildman–Crippen LogP) is 3.69. The van der Waals surface area contributed by atoms with Crippen LogP contribution < -0.4 is 4.74 Å². The molecule has 1 aromatic heterocycles. The van der Waals surface area contributed by atoms with Crippen molar-refractivity contribution in [3.63, 3.8) is 0 Å². The van der Waals surface area contributed by atoms with Crippen molar-refractivity contribution in [3.8, 4) is 5.75 Å². The Labute approximate surface area is 126 Å². The summed E-state index contributed by atoms with van der Waals surface area (Å²) in [6.45, 7) is 0. The number of pyridine rings is 1. The molecule has 0 amide bonds. The van der Waals surface area contributed by atoms with Gasteiger partial charge in [0.15, 0.2) is 0 Å². The highest BCUT2D eigenvalue weighted by Gasteiger charge is 2.11. The molecule has 0 spiro atoms. The summed E-state index contributed by atoms with van der Waals surface area (Å²) in [5.41, 5.74) is 1.91. The minimum absolute atomic E-state index is 0.363. The highest BCUT2D eigenvalue weighted by Crippen LogP contribution is 2.22. The van der Waals surface area contributed by atoms with E-state index >= 15 is 0 Å². The van der Waals surface area contributed by atoms with Gasteiger partial charge in [-0.05, 0) is 42.7 Å². The molecule has 0 radical (unpaired) electrons. The molecule has 1 aromatic carbocycles. The number of ether oxygens (including phenoxy) is 1. The van der Waals surface area contributed by atoms with Crippen LogP contribution in [0.4, 0.5) is 0 Å². The summed E-state index contributed by atoms with van der Waals surface area (Å²) < 4.78 is 5.11. The van der Waals surface area contributed by atoms with Gasteiger partial charge in [0, 0.05) is 11.1 Å². The van der Waals surface area contributed by atoms with E-state index in [0.717, 1.165) is 16.3 Å². The number of aromatic nitrogens is 1. The number of thioether (sulfide) groups is 1. The number of benzene rings is 1. The quantitative estimate of drug-likeness (QED) is 0.308. The lowest BCUT2D eigenvalue weighted by Gasteiger charge is -2.08. The van der Waals surface area contributed by atoms with Crippen LogP contribution in [-0.2, 0) is 0 Å². The average molecular weight is 309 g/mol. The molecule has 0 bridgehead atoms. The number of hydrogen-bond donors (Lipinski definition) is 1. The topological polar surface area (TPSA) is 54.7 Å². The minimum atomic E-state index is 0.363. The Hall–Kier alpha value is -1.72. The fraction of sp³-hybridized carbons (Fsp3) is 0.143. The lowest BCUT2D eigenvalue weighted by molar-refractivity contribution is 0.319. The Morgan fingerprint density at radius 2 is 1.95 bits per heavy atom. The summed E-state index contributed by atoms with van der Waals surface area (Å²) in [7, 11) is 1.60. The van der Waals surface area contributed by atoms with E-state index in [0.29, 0.717) is 16.4 Å². The molecule has 0 unspecified atom stereocenters. The van der Waals surface area contributed by atoms with Crippen molar-refractivity contribution in [2.75, 3.05) is 13.4 Å². The zero-order valence-electron chi connectivity index (χ0n) is 11.0. The van der Waals surface area contributed by atoms with Gasteiger partial charge < -0.3 is 9.94 Å².